The smallest absolute Gasteiger partial charge is 0.0737 e. The molecule has 47 heavy (non-hydrogen) atoms. The van der Waals surface area contributed by atoms with Crippen LogP contribution in [-0.4, -0.2) is 25.3 Å². The molecule has 5 heterocycles. The monoisotopic (exact) mass is 672 g/mol. The zero-order valence-corrected chi connectivity index (χ0v) is 27.5. The van der Waals surface area contributed by atoms with E-state index in [2.05, 4.69) is 165 Å². The summed E-state index contributed by atoms with van der Waals surface area (Å²) in [7, 11) is 0. The molecule has 0 unspecified atom stereocenters. The maximum absolute atomic E-state index is 5.35. The lowest BCUT2D eigenvalue weighted by Crippen LogP contribution is -1.93. The second-order valence-electron chi connectivity index (χ2n) is 11.9. The molecule has 3 aromatic carbocycles. The van der Waals surface area contributed by atoms with Gasteiger partial charge in [0.05, 0.1) is 22.8 Å². The van der Waals surface area contributed by atoms with Crippen molar-refractivity contribution in [3.8, 4) is 33.4 Å². The molecule has 2 aliphatic heterocycles. The molecule has 0 atom stereocenters. The summed E-state index contributed by atoms with van der Waals surface area (Å²) in [5.74, 6) is 0. The van der Waals surface area contributed by atoms with E-state index < -0.39 is 0 Å². The largest absolute Gasteiger partial charge is 0.355 e. The van der Waals surface area contributed by atoms with Gasteiger partial charge >= 0.3 is 0 Å². The molecule has 0 saturated heterocycles. The lowest BCUT2D eigenvalue weighted by Gasteiger charge is -2.06. The first-order valence-corrected chi connectivity index (χ1v) is 17.3. The zero-order chi connectivity index (χ0) is 31.6. The highest BCUT2D eigenvalue weighted by atomic mass is 79.9. The Hall–Kier alpha value is -5.26. The first kappa shape index (κ1) is 29.2. The van der Waals surface area contributed by atoms with Gasteiger partial charge in [-0.1, -0.05) is 107 Å². The number of benzene rings is 3. The van der Waals surface area contributed by atoms with E-state index in [1.54, 1.807) is 0 Å². The first-order chi connectivity index (χ1) is 23.3. The highest BCUT2D eigenvalue weighted by molar-refractivity contribution is 9.09. The fourth-order valence-electron chi connectivity index (χ4n) is 6.65. The molecular formula is C42H33BrN4. The minimum absolute atomic E-state index is 0.920. The van der Waals surface area contributed by atoms with Crippen molar-refractivity contribution in [2.24, 2.45) is 0 Å². The molecule has 0 spiro atoms. The number of fused-ring (bicyclic) bond motifs is 8. The van der Waals surface area contributed by atoms with Crippen molar-refractivity contribution >= 4 is 62.3 Å². The average molecular weight is 674 g/mol. The SMILES string of the molecule is BrCCCCc1c2nc(c(-c3ccccc3)c3ccc([nH]3)c(-c3ccccc3)c3nc(c(-c4ccccc4)c4ccc1[nH]4)C=C3)C=C2. The minimum atomic E-state index is 0.920. The van der Waals surface area contributed by atoms with Crippen LogP contribution in [0.2, 0.25) is 0 Å². The minimum Gasteiger partial charge on any atom is -0.355 e. The number of hydrogen-bond donors (Lipinski definition) is 2. The molecule has 5 heteroatoms. The fourth-order valence-corrected chi connectivity index (χ4v) is 7.05. The normalized spacial score (nSPS) is 12.1. The molecular weight excluding hydrogens is 640 g/mol. The van der Waals surface area contributed by atoms with Crippen LogP contribution in [0.5, 0.6) is 0 Å². The van der Waals surface area contributed by atoms with Crippen molar-refractivity contribution < 1.29 is 0 Å². The van der Waals surface area contributed by atoms with Gasteiger partial charge in [0.15, 0.2) is 0 Å². The maximum Gasteiger partial charge on any atom is 0.0737 e. The number of aromatic nitrogens is 4. The Labute approximate surface area is 282 Å². The fraction of sp³-hybridized carbons (Fsp3) is 0.0952. The van der Waals surface area contributed by atoms with Gasteiger partial charge in [-0.15, -0.1) is 0 Å². The molecule has 0 fully saturated rings. The lowest BCUT2D eigenvalue weighted by molar-refractivity contribution is 0.805. The number of unbranched alkanes of at least 4 members (excludes halogenated alkanes) is 1. The van der Waals surface area contributed by atoms with Crippen molar-refractivity contribution in [2.45, 2.75) is 19.3 Å². The summed E-state index contributed by atoms with van der Waals surface area (Å²) in [6.07, 6.45) is 11.7. The molecule has 2 aliphatic rings. The summed E-state index contributed by atoms with van der Waals surface area (Å²) >= 11 is 3.63. The van der Waals surface area contributed by atoms with E-state index >= 15 is 0 Å². The van der Waals surface area contributed by atoms with Crippen molar-refractivity contribution in [3.63, 3.8) is 0 Å². The van der Waals surface area contributed by atoms with Crippen LogP contribution in [0.15, 0.2) is 115 Å². The van der Waals surface area contributed by atoms with Gasteiger partial charge in [0.25, 0.3) is 0 Å². The second kappa shape index (κ2) is 12.9. The molecule has 6 aromatic rings. The van der Waals surface area contributed by atoms with Gasteiger partial charge in [0, 0.05) is 49.7 Å². The summed E-state index contributed by atoms with van der Waals surface area (Å²) in [4.78, 5) is 18.3. The quantitative estimate of drug-likeness (QED) is 0.131. The van der Waals surface area contributed by atoms with Crippen LogP contribution in [0.25, 0.3) is 79.8 Å². The van der Waals surface area contributed by atoms with E-state index in [4.69, 9.17) is 9.97 Å². The Bertz CT molecular complexity index is 2260. The van der Waals surface area contributed by atoms with Crippen LogP contribution in [0.4, 0.5) is 0 Å². The molecule has 0 aliphatic carbocycles. The molecule has 8 bridgehead atoms. The Kier molecular flexibility index (Phi) is 7.98. The van der Waals surface area contributed by atoms with Gasteiger partial charge in [-0.3, -0.25) is 0 Å². The average Bonchev–Trinajstić information content (AvgIpc) is 3.95. The molecule has 0 radical (unpaired) electrons. The number of hydrogen-bond acceptors (Lipinski definition) is 2. The van der Waals surface area contributed by atoms with Crippen molar-refractivity contribution in [3.05, 3.63) is 144 Å². The van der Waals surface area contributed by atoms with E-state index in [0.717, 1.165) is 103 Å². The van der Waals surface area contributed by atoms with Gasteiger partial charge < -0.3 is 9.97 Å². The van der Waals surface area contributed by atoms with Crippen LogP contribution < -0.4 is 0 Å². The molecule has 0 saturated carbocycles. The van der Waals surface area contributed by atoms with Crippen molar-refractivity contribution in [2.75, 3.05) is 5.33 Å². The number of rotatable bonds is 7. The van der Waals surface area contributed by atoms with Crippen molar-refractivity contribution in [1.29, 1.82) is 0 Å². The van der Waals surface area contributed by atoms with E-state index in [0.29, 0.717) is 0 Å². The van der Waals surface area contributed by atoms with Gasteiger partial charge in [0.1, 0.15) is 0 Å². The molecule has 228 valence electrons. The highest BCUT2D eigenvalue weighted by Crippen LogP contribution is 2.36. The van der Waals surface area contributed by atoms with Gasteiger partial charge in [-0.25, -0.2) is 9.97 Å². The summed E-state index contributed by atoms with van der Waals surface area (Å²) in [5, 5.41) is 0.982. The third-order valence-electron chi connectivity index (χ3n) is 8.86. The Morgan fingerprint density at radius 2 is 0.809 bits per heavy atom. The van der Waals surface area contributed by atoms with Gasteiger partial charge in [-0.2, -0.15) is 0 Å². The number of aromatic amines is 2. The lowest BCUT2D eigenvalue weighted by atomic mass is 10.0. The number of alkyl halides is 1. The van der Waals surface area contributed by atoms with Crippen molar-refractivity contribution in [1.82, 2.24) is 19.9 Å². The molecule has 3 aromatic heterocycles. The Morgan fingerprint density at radius 1 is 0.426 bits per heavy atom. The van der Waals surface area contributed by atoms with Gasteiger partial charge in [-0.05, 0) is 84.5 Å². The predicted octanol–water partition coefficient (Wildman–Crippen LogP) is 11.4. The topological polar surface area (TPSA) is 57.4 Å². The summed E-state index contributed by atoms with van der Waals surface area (Å²) in [6.45, 7) is 0. The van der Waals surface area contributed by atoms with Crippen LogP contribution in [-0.2, 0) is 6.42 Å². The van der Waals surface area contributed by atoms with E-state index in [-0.39, 0.29) is 0 Å². The van der Waals surface area contributed by atoms with Gasteiger partial charge in [0.2, 0.25) is 0 Å². The van der Waals surface area contributed by atoms with Crippen LogP contribution in [0, 0.1) is 0 Å². The molecule has 0 amide bonds. The summed E-state index contributed by atoms with van der Waals surface area (Å²) < 4.78 is 0. The third-order valence-corrected chi connectivity index (χ3v) is 9.42. The zero-order valence-electron chi connectivity index (χ0n) is 25.9. The van der Waals surface area contributed by atoms with Crippen LogP contribution in [0.3, 0.4) is 0 Å². The first-order valence-electron chi connectivity index (χ1n) is 16.1. The van der Waals surface area contributed by atoms with E-state index in [1.165, 1.54) is 5.56 Å². The highest BCUT2D eigenvalue weighted by Gasteiger charge is 2.18. The maximum atomic E-state index is 5.35. The Morgan fingerprint density at radius 3 is 1.26 bits per heavy atom. The molecule has 2 N–H and O–H groups in total. The summed E-state index contributed by atoms with van der Waals surface area (Å²) in [6, 6.07) is 40.4. The number of H-pyrrole nitrogens is 2. The van der Waals surface area contributed by atoms with Crippen LogP contribution >= 0.6 is 15.9 Å². The number of nitrogens with one attached hydrogen (secondary N) is 2. The standard InChI is InChI=1S/C42H33BrN4/c43-27-11-10-18-31-32-19-21-34(44-32)40(28-12-4-1-5-13-28)36-23-25-38(46-36)42(30-16-8-3-9-17-30)39-26-24-37(47-39)41(29-14-6-2-7-15-29)35-22-20-33(31)45-35/h1-9,12-17,19-26,44,47H,10-11,18,27H2. The van der Waals surface area contributed by atoms with Crippen LogP contribution in [0.1, 0.15) is 41.2 Å². The predicted molar refractivity (Wildman–Crippen MR) is 202 cm³/mol. The number of nitrogens with zero attached hydrogens (tertiary/aromatic N) is 2. The second-order valence-corrected chi connectivity index (χ2v) is 12.6. The van der Waals surface area contributed by atoms with E-state index in [1.807, 2.05) is 0 Å². The third kappa shape index (κ3) is 5.68. The summed E-state index contributed by atoms with van der Waals surface area (Å²) in [5.41, 5.74) is 15.7. The molecule has 4 nitrogen and oxygen atoms in total. The number of halogens is 1. The van der Waals surface area contributed by atoms with E-state index in [9.17, 15) is 0 Å². The number of aryl methyl sites for hydroxylation is 1. The Balaban J connectivity index is 1.54. The molecule has 8 rings (SSSR count).